The molecule has 1 aromatic rings. The molecule has 0 spiro atoms. The number of amides is 3. The van der Waals surface area contributed by atoms with Gasteiger partial charge in [0.15, 0.2) is 0 Å². The fourth-order valence-electron chi connectivity index (χ4n) is 2.15. The van der Waals surface area contributed by atoms with Crippen molar-refractivity contribution in [1.29, 1.82) is 0 Å². The third kappa shape index (κ3) is 7.48. The van der Waals surface area contributed by atoms with E-state index in [1.165, 1.54) is 0 Å². The summed E-state index contributed by atoms with van der Waals surface area (Å²) in [6.07, 6.45) is 0. The Balaban J connectivity index is 2.57. The van der Waals surface area contributed by atoms with Gasteiger partial charge in [0.25, 0.3) is 0 Å². The minimum absolute atomic E-state index is 0.00342. The summed E-state index contributed by atoms with van der Waals surface area (Å²) in [7, 11) is 0. The fraction of sp³-hybridized carbons (Fsp3) is 0.529. The maximum absolute atomic E-state index is 11.9. The zero-order chi connectivity index (χ0) is 17.6. The van der Waals surface area contributed by atoms with Gasteiger partial charge in [-0.25, -0.2) is 4.79 Å². The van der Waals surface area contributed by atoms with Crippen molar-refractivity contribution in [3.8, 4) is 0 Å². The van der Waals surface area contributed by atoms with E-state index in [0.717, 1.165) is 5.56 Å². The van der Waals surface area contributed by atoms with Gasteiger partial charge in [-0.2, -0.15) is 0 Å². The van der Waals surface area contributed by atoms with Crippen LogP contribution < -0.4 is 16.0 Å². The van der Waals surface area contributed by atoms with Crippen molar-refractivity contribution in [2.24, 2.45) is 5.92 Å². The Morgan fingerprint density at radius 1 is 1.13 bits per heavy atom. The monoisotopic (exact) mass is 339 g/mol. The van der Waals surface area contributed by atoms with Gasteiger partial charge < -0.3 is 10.6 Å². The maximum Gasteiger partial charge on any atom is 0.321 e. The van der Waals surface area contributed by atoms with Gasteiger partial charge in [-0.05, 0) is 44.4 Å². The summed E-state index contributed by atoms with van der Waals surface area (Å²) < 4.78 is 0. The lowest BCUT2D eigenvalue weighted by Gasteiger charge is -2.23. The molecule has 5 nitrogen and oxygen atoms in total. The number of imide groups is 1. The SMILES string of the molecule is CC(C)[C@H](NCC(=O)NC(=O)NC(C)(C)C)c1ccc(Cl)cc1. The standard InChI is InChI=1S/C17H26ClN3O2/c1-11(2)15(12-6-8-13(18)9-7-12)19-10-14(22)20-16(23)21-17(3,4)5/h6-9,11,15,19H,10H2,1-5H3,(H2,20,21,22,23)/t15-/m0/s1. The van der Waals surface area contributed by atoms with Crippen molar-refractivity contribution in [3.05, 3.63) is 34.9 Å². The van der Waals surface area contributed by atoms with Crippen molar-refractivity contribution in [2.45, 2.75) is 46.2 Å². The quantitative estimate of drug-likeness (QED) is 0.771. The largest absolute Gasteiger partial charge is 0.333 e. The van der Waals surface area contributed by atoms with Crippen LogP contribution in [0.15, 0.2) is 24.3 Å². The van der Waals surface area contributed by atoms with Gasteiger partial charge >= 0.3 is 6.03 Å². The van der Waals surface area contributed by atoms with E-state index in [-0.39, 0.29) is 30.0 Å². The summed E-state index contributed by atoms with van der Waals surface area (Å²) >= 11 is 5.90. The predicted octanol–water partition coefficient (Wildman–Crippen LogP) is 3.25. The molecular formula is C17H26ClN3O2. The van der Waals surface area contributed by atoms with E-state index in [2.05, 4.69) is 29.8 Å². The molecule has 0 aliphatic carbocycles. The van der Waals surface area contributed by atoms with Crippen LogP contribution >= 0.6 is 11.6 Å². The van der Waals surface area contributed by atoms with Crippen LogP contribution in [0.3, 0.4) is 0 Å². The molecule has 1 rings (SSSR count). The topological polar surface area (TPSA) is 70.2 Å². The number of benzene rings is 1. The van der Waals surface area contributed by atoms with Crippen LogP contribution in [0, 0.1) is 5.92 Å². The normalized spacial score (nSPS) is 12.8. The summed E-state index contributed by atoms with van der Waals surface area (Å²) in [6, 6.07) is 7.03. The molecule has 1 atom stereocenters. The lowest BCUT2D eigenvalue weighted by atomic mass is 9.96. The molecule has 0 unspecified atom stereocenters. The molecule has 0 heterocycles. The number of nitrogens with one attached hydrogen (secondary N) is 3. The van der Waals surface area contributed by atoms with Crippen LogP contribution in [-0.4, -0.2) is 24.0 Å². The third-order valence-corrected chi connectivity index (χ3v) is 3.37. The molecule has 0 radical (unpaired) electrons. The number of halogens is 1. The number of urea groups is 1. The average Bonchev–Trinajstić information content (AvgIpc) is 2.38. The molecule has 0 saturated carbocycles. The van der Waals surface area contributed by atoms with Gasteiger partial charge in [0.1, 0.15) is 0 Å². The highest BCUT2D eigenvalue weighted by Crippen LogP contribution is 2.22. The zero-order valence-electron chi connectivity index (χ0n) is 14.4. The first-order valence-corrected chi connectivity index (χ1v) is 8.07. The number of carbonyl (C=O) groups excluding carboxylic acids is 2. The van der Waals surface area contributed by atoms with Crippen LogP contribution in [-0.2, 0) is 4.79 Å². The van der Waals surface area contributed by atoms with Crippen LogP contribution in [0.25, 0.3) is 0 Å². The Kier molecular flexibility index (Phi) is 7.03. The number of hydrogen-bond donors (Lipinski definition) is 3. The average molecular weight is 340 g/mol. The highest BCUT2D eigenvalue weighted by Gasteiger charge is 2.19. The smallest absolute Gasteiger partial charge is 0.321 e. The van der Waals surface area contributed by atoms with E-state index in [0.29, 0.717) is 5.02 Å². The van der Waals surface area contributed by atoms with E-state index < -0.39 is 6.03 Å². The van der Waals surface area contributed by atoms with E-state index in [4.69, 9.17) is 11.6 Å². The molecule has 0 saturated heterocycles. The summed E-state index contributed by atoms with van der Waals surface area (Å²) in [6.45, 7) is 9.75. The van der Waals surface area contributed by atoms with Crippen LogP contribution in [0.1, 0.15) is 46.2 Å². The van der Waals surface area contributed by atoms with Gasteiger partial charge in [-0.3, -0.25) is 10.1 Å². The Hall–Kier alpha value is -1.59. The van der Waals surface area contributed by atoms with Crippen LogP contribution in [0.5, 0.6) is 0 Å². The van der Waals surface area contributed by atoms with Crippen molar-refractivity contribution in [3.63, 3.8) is 0 Å². The molecule has 0 aromatic heterocycles. The fourth-order valence-corrected chi connectivity index (χ4v) is 2.28. The highest BCUT2D eigenvalue weighted by molar-refractivity contribution is 6.30. The zero-order valence-corrected chi connectivity index (χ0v) is 15.1. The van der Waals surface area contributed by atoms with Crippen molar-refractivity contribution in [2.75, 3.05) is 6.54 Å². The molecule has 6 heteroatoms. The third-order valence-electron chi connectivity index (χ3n) is 3.12. The van der Waals surface area contributed by atoms with E-state index in [9.17, 15) is 9.59 Å². The Morgan fingerprint density at radius 3 is 2.17 bits per heavy atom. The maximum atomic E-state index is 11.9. The second-order valence-corrected chi connectivity index (χ2v) is 7.34. The van der Waals surface area contributed by atoms with Crippen molar-refractivity contribution in [1.82, 2.24) is 16.0 Å². The van der Waals surface area contributed by atoms with E-state index in [1.54, 1.807) is 0 Å². The second kappa shape index (κ2) is 8.31. The first-order chi connectivity index (χ1) is 10.6. The Morgan fingerprint density at radius 2 is 1.70 bits per heavy atom. The lowest BCUT2D eigenvalue weighted by molar-refractivity contribution is -0.119. The minimum atomic E-state index is -0.489. The molecule has 3 amide bonds. The summed E-state index contributed by atoms with van der Waals surface area (Å²) in [5, 5.41) is 8.87. The molecule has 0 bridgehead atoms. The molecular weight excluding hydrogens is 314 g/mol. The van der Waals surface area contributed by atoms with Gasteiger partial charge in [0.2, 0.25) is 5.91 Å². The van der Waals surface area contributed by atoms with Crippen LogP contribution in [0.4, 0.5) is 4.79 Å². The van der Waals surface area contributed by atoms with Gasteiger partial charge in [-0.15, -0.1) is 0 Å². The van der Waals surface area contributed by atoms with Gasteiger partial charge in [0.05, 0.1) is 6.54 Å². The summed E-state index contributed by atoms with van der Waals surface area (Å²) in [4.78, 5) is 23.6. The summed E-state index contributed by atoms with van der Waals surface area (Å²) in [5.41, 5.74) is 0.665. The lowest BCUT2D eigenvalue weighted by Crippen LogP contribution is -2.50. The van der Waals surface area contributed by atoms with Gasteiger partial charge in [-0.1, -0.05) is 37.6 Å². The molecule has 23 heavy (non-hydrogen) atoms. The molecule has 3 N–H and O–H groups in total. The van der Waals surface area contributed by atoms with Crippen molar-refractivity contribution >= 4 is 23.5 Å². The minimum Gasteiger partial charge on any atom is -0.333 e. The molecule has 0 aliphatic heterocycles. The molecule has 1 aromatic carbocycles. The van der Waals surface area contributed by atoms with Crippen molar-refractivity contribution < 1.29 is 9.59 Å². The Labute approximate surface area is 143 Å². The molecule has 128 valence electrons. The number of hydrogen-bond acceptors (Lipinski definition) is 3. The number of rotatable bonds is 5. The molecule has 0 aliphatic rings. The van der Waals surface area contributed by atoms with Crippen LogP contribution in [0.2, 0.25) is 5.02 Å². The molecule has 0 fully saturated rings. The first kappa shape index (κ1) is 19.5. The predicted molar refractivity (Wildman–Crippen MR) is 93.5 cm³/mol. The van der Waals surface area contributed by atoms with Gasteiger partial charge in [0, 0.05) is 16.6 Å². The highest BCUT2D eigenvalue weighted by atomic mass is 35.5. The summed E-state index contributed by atoms with van der Waals surface area (Å²) in [5.74, 6) is -0.0845. The first-order valence-electron chi connectivity index (χ1n) is 7.69. The van der Waals surface area contributed by atoms with E-state index >= 15 is 0 Å². The second-order valence-electron chi connectivity index (χ2n) is 6.91. The number of carbonyl (C=O) groups is 2. The van der Waals surface area contributed by atoms with E-state index in [1.807, 2.05) is 45.0 Å². The Bertz CT molecular complexity index is 536.